The Morgan fingerprint density at radius 3 is 1.46 bits per heavy atom. The zero-order valence-corrected chi connectivity index (χ0v) is 15.6. The first-order valence-corrected chi connectivity index (χ1v) is 9.26. The van der Waals surface area contributed by atoms with E-state index in [2.05, 4.69) is 40.2 Å². The van der Waals surface area contributed by atoms with Gasteiger partial charge in [-0.05, 0) is 38.7 Å². The summed E-state index contributed by atoms with van der Waals surface area (Å²) in [5.74, 6) is 0.275. The van der Waals surface area contributed by atoms with Crippen LogP contribution >= 0.6 is 15.9 Å². The highest BCUT2D eigenvalue weighted by molar-refractivity contribution is 9.10. The third-order valence-electron chi connectivity index (χ3n) is 4.45. The van der Waals surface area contributed by atoms with Gasteiger partial charge in [-0.1, -0.05) is 91.0 Å². The van der Waals surface area contributed by atoms with Gasteiger partial charge in [0.25, 0.3) is 0 Å². The van der Waals surface area contributed by atoms with Gasteiger partial charge in [0.2, 0.25) is 0 Å². The molecule has 0 aliphatic rings. The number of benzene rings is 4. The third kappa shape index (κ3) is 3.04. The Morgan fingerprint density at radius 1 is 0.538 bits per heavy atom. The van der Waals surface area contributed by atoms with Crippen LogP contribution in [0.5, 0.6) is 5.75 Å². The van der Waals surface area contributed by atoms with E-state index < -0.39 is 0 Å². The lowest BCUT2D eigenvalue weighted by Crippen LogP contribution is -1.91. The smallest absolute Gasteiger partial charge is 0.124 e. The molecule has 0 saturated heterocycles. The maximum absolute atomic E-state index is 11.0. The molecule has 0 radical (unpaired) electrons. The van der Waals surface area contributed by atoms with Crippen molar-refractivity contribution in [3.63, 3.8) is 0 Å². The summed E-state index contributed by atoms with van der Waals surface area (Å²) >= 11 is 3.83. The highest BCUT2D eigenvalue weighted by Gasteiger charge is 2.19. The van der Waals surface area contributed by atoms with E-state index in [4.69, 9.17) is 0 Å². The van der Waals surface area contributed by atoms with Crippen molar-refractivity contribution in [3.8, 4) is 39.1 Å². The van der Waals surface area contributed by atoms with Crippen LogP contribution in [0.3, 0.4) is 0 Å². The minimum atomic E-state index is 0.275. The second kappa shape index (κ2) is 7.19. The van der Waals surface area contributed by atoms with Gasteiger partial charge in [0, 0.05) is 21.2 Å². The van der Waals surface area contributed by atoms with Gasteiger partial charge in [0.1, 0.15) is 5.75 Å². The molecular formula is C24H17BrO. The van der Waals surface area contributed by atoms with Gasteiger partial charge >= 0.3 is 0 Å². The zero-order chi connectivity index (χ0) is 17.9. The van der Waals surface area contributed by atoms with E-state index in [1.54, 1.807) is 0 Å². The Kier molecular flexibility index (Phi) is 4.59. The fourth-order valence-electron chi connectivity index (χ4n) is 3.25. The van der Waals surface area contributed by atoms with Crippen LogP contribution < -0.4 is 0 Å². The van der Waals surface area contributed by atoms with E-state index in [1.807, 2.05) is 72.8 Å². The standard InChI is InChI=1S/C24H17BrO/c25-24-20(17-10-4-1-5-11-17)16-21(26)22(18-12-6-2-7-13-18)23(24)19-14-8-3-9-15-19/h1-16,26H. The Morgan fingerprint density at radius 2 is 0.962 bits per heavy atom. The average molecular weight is 401 g/mol. The lowest BCUT2D eigenvalue weighted by Gasteiger charge is -2.18. The first kappa shape index (κ1) is 16.6. The average Bonchev–Trinajstić information content (AvgIpc) is 2.71. The molecule has 126 valence electrons. The Balaban J connectivity index is 2.06. The van der Waals surface area contributed by atoms with Gasteiger partial charge in [-0.15, -0.1) is 0 Å². The molecule has 4 aromatic carbocycles. The fraction of sp³-hybridized carbons (Fsp3) is 0. The Labute approximate surface area is 161 Å². The summed E-state index contributed by atoms with van der Waals surface area (Å²) in [6.07, 6.45) is 0. The zero-order valence-electron chi connectivity index (χ0n) is 14.1. The van der Waals surface area contributed by atoms with E-state index in [9.17, 15) is 5.11 Å². The van der Waals surface area contributed by atoms with Crippen molar-refractivity contribution in [2.45, 2.75) is 0 Å². The summed E-state index contributed by atoms with van der Waals surface area (Å²) in [4.78, 5) is 0. The van der Waals surface area contributed by atoms with Crippen LogP contribution in [-0.4, -0.2) is 5.11 Å². The van der Waals surface area contributed by atoms with Crippen LogP contribution in [0, 0.1) is 0 Å². The van der Waals surface area contributed by atoms with Crippen molar-refractivity contribution < 1.29 is 5.11 Å². The van der Waals surface area contributed by atoms with Gasteiger partial charge in [0.05, 0.1) is 0 Å². The largest absolute Gasteiger partial charge is 0.507 e. The number of rotatable bonds is 3. The molecular weight excluding hydrogens is 384 g/mol. The van der Waals surface area contributed by atoms with Crippen LogP contribution in [0.4, 0.5) is 0 Å². The molecule has 0 aliphatic carbocycles. The molecule has 0 saturated carbocycles. The van der Waals surface area contributed by atoms with E-state index in [0.29, 0.717) is 0 Å². The molecule has 26 heavy (non-hydrogen) atoms. The van der Waals surface area contributed by atoms with Crippen LogP contribution in [-0.2, 0) is 0 Å². The summed E-state index contributed by atoms with van der Waals surface area (Å²) in [7, 11) is 0. The highest BCUT2D eigenvalue weighted by atomic mass is 79.9. The van der Waals surface area contributed by atoms with Gasteiger partial charge in [0.15, 0.2) is 0 Å². The third-order valence-corrected chi connectivity index (χ3v) is 5.28. The van der Waals surface area contributed by atoms with Crippen LogP contribution in [0.2, 0.25) is 0 Å². The van der Waals surface area contributed by atoms with Gasteiger partial charge in [-0.3, -0.25) is 0 Å². The number of hydrogen-bond acceptors (Lipinski definition) is 1. The number of halogens is 1. The van der Waals surface area contributed by atoms with Gasteiger partial charge in [-0.25, -0.2) is 0 Å². The van der Waals surface area contributed by atoms with Crippen LogP contribution in [0.1, 0.15) is 0 Å². The molecule has 0 spiro atoms. The summed E-state index contributed by atoms with van der Waals surface area (Å²) in [6, 6.07) is 32.1. The number of phenols is 1. The first-order chi connectivity index (χ1) is 12.8. The predicted molar refractivity (Wildman–Crippen MR) is 112 cm³/mol. The topological polar surface area (TPSA) is 20.2 Å². The van der Waals surface area contributed by atoms with E-state index in [-0.39, 0.29) is 5.75 Å². The van der Waals surface area contributed by atoms with Crippen molar-refractivity contribution in [2.24, 2.45) is 0 Å². The number of hydrogen-bond donors (Lipinski definition) is 1. The fourth-order valence-corrected chi connectivity index (χ4v) is 4.02. The Hall–Kier alpha value is -2.84. The quantitative estimate of drug-likeness (QED) is 0.386. The van der Waals surface area contributed by atoms with Crippen molar-refractivity contribution in [1.29, 1.82) is 0 Å². The molecule has 0 fully saturated rings. The van der Waals surface area contributed by atoms with Crippen molar-refractivity contribution >= 4 is 15.9 Å². The Bertz CT molecular complexity index is 1030. The predicted octanol–water partition coefficient (Wildman–Crippen LogP) is 7.16. The maximum atomic E-state index is 11.0. The van der Waals surface area contributed by atoms with Gasteiger partial charge < -0.3 is 5.11 Å². The lowest BCUT2D eigenvalue weighted by molar-refractivity contribution is 0.477. The summed E-state index contributed by atoms with van der Waals surface area (Å²) < 4.78 is 0.978. The second-order valence-corrected chi connectivity index (χ2v) is 6.90. The molecule has 2 heteroatoms. The van der Waals surface area contributed by atoms with Crippen molar-refractivity contribution in [3.05, 3.63) is 102 Å². The monoisotopic (exact) mass is 400 g/mol. The molecule has 0 atom stereocenters. The molecule has 0 bridgehead atoms. The summed E-state index contributed by atoms with van der Waals surface area (Å²) in [5, 5.41) is 11.0. The molecule has 0 heterocycles. The highest BCUT2D eigenvalue weighted by Crippen LogP contribution is 2.47. The molecule has 0 aromatic heterocycles. The molecule has 0 unspecified atom stereocenters. The minimum Gasteiger partial charge on any atom is -0.507 e. The number of aromatic hydroxyl groups is 1. The van der Waals surface area contributed by atoms with Crippen LogP contribution in [0.15, 0.2) is 102 Å². The molecule has 0 aliphatic heterocycles. The summed E-state index contributed by atoms with van der Waals surface area (Å²) in [6.45, 7) is 0. The molecule has 4 aromatic rings. The maximum Gasteiger partial charge on any atom is 0.124 e. The first-order valence-electron chi connectivity index (χ1n) is 8.47. The molecule has 0 amide bonds. The molecule has 1 nitrogen and oxygen atoms in total. The normalized spacial score (nSPS) is 10.7. The summed E-state index contributed by atoms with van der Waals surface area (Å²) in [5.41, 5.74) is 5.92. The van der Waals surface area contributed by atoms with Crippen molar-refractivity contribution in [1.82, 2.24) is 0 Å². The number of phenolic OH excluding ortho intramolecular Hbond substituents is 1. The second-order valence-electron chi connectivity index (χ2n) is 6.11. The van der Waals surface area contributed by atoms with E-state index in [0.717, 1.165) is 37.9 Å². The lowest BCUT2D eigenvalue weighted by atomic mass is 9.90. The van der Waals surface area contributed by atoms with Gasteiger partial charge in [-0.2, -0.15) is 0 Å². The van der Waals surface area contributed by atoms with E-state index >= 15 is 0 Å². The molecule has 4 rings (SSSR count). The van der Waals surface area contributed by atoms with E-state index in [1.165, 1.54) is 0 Å². The van der Waals surface area contributed by atoms with Crippen LogP contribution in [0.25, 0.3) is 33.4 Å². The SMILES string of the molecule is Oc1cc(-c2ccccc2)c(Br)c(-c2ccccc2)c1-c1ccccc1. The van der Waals surface area contributed by atoms with Crippen molar-refractivity contribution in [2.75, 3.05) is 0 Å². The molecule has 1 N–H and O–H groups in total. The minimum absolute atomic E-state index is 0.275.